The second-order valence-corrected chi connectivity index (χ2v) is 5.02. The summed E-state index contributed by atoms with van der Waals surface area (Å²) in [6.07, 6.45) is 0.511. The van der Waals surface area contributed by atoms with Crippen molar-refractivity contribution in [2.75, 3.05) is 11.9 Å². The zero-order valence-corrected chi connectivity index (χ0v) is 13.0. The first-order valence-electron chi connectivity index (χ1n) is 6.67. The van der Waals surface area contributed by atoms with E-state index in [0.717, 1.165) is 0 Å². The topological polar surface area (TPSA) is 115 Å². The molecule has 1 aromatic carbocycles. The number of hydrogen-bond donors (Lipinski definition) is 2. The highest BCUT2D eigenvalue weighted by atomic mass is 35.5. The molecule has 2 aromatic rings. The molecule has 122 valence electrons. The lowest BCUT2D eigenvalue weighted by Crippen LogP contribution is -2.13. The molecule has 1 heterocycles. The Labute approximate surface area is 136 Å². The lowest BCUT2D eigenvalue weighted by atomic mass is 10.2. The van der Waals surface area contributed by atoms with Crippen LogP contribution in [0.5, 0.6) is 5.75 Å². The predicted molar refractivity (Wildman–Crippen MR) is 80.6 cm³/mol. The Morgan fingerprint density at radius 2 is 2.22 bits per heavy atom. The van der Waals surface area contributed by atoms with Crippen LogP contribution >= 0.6 is 11.6 Å². The number of aliphatic carboxylic acids is 1. The molecular weight excluding hydrogens is 326 g/mol. The number of halogens is 1. The summed E-state index contributed by atoms with van der Waals surface area (Å²) in [4.78, 5) is 26.3. The van der Waals surface area contributed by atoms with Gasteiger partial charge < -0.3 is 19.7 Å². The van der Waals surface area contributed by atoms with Crippen LogP contribution in [-0.4, -0.2) is 33.7 Å². The number of anilines is 1. The van der Waals surface area contributed by atoms with Crippen LogP contribution in [0.25, 0.3) is 0 Å². The number of carbonyl (C=O) groups excluding carboxylic acids is 1. The maximum absolute atomic E-state index is 11.9. The fourth-order valence-electron chi connectivity index (χ4n) is 1.72. The van der Waals surface area contributed by atoms with E-state index in [0.29, 0.717) is 23.8 Å². The first kappa shape index (κ1) is 16.8. The number of rotatable bonds is 7. The van der Waals surface area contributed by atoms with E-state index in [1.807, 2.05) is 0 Å². The minimum atomic E-state index is -1.10. The number of carbonyl (C=O) groups is 2. The zero-order chi connectivity index (χ0) is 16.8. The van der Waals surface area contributed by atoms with Crippen molar-refractivity contribution in [1.29, 1.82) is 0 Å². The van der Waals surface area contributed by atoms with Crippen LogP contribution in [0.15, 0.2) is 22.7 Å². The van der Waals surface area contributed by atoms with Crippen LogP contribution in [0.3, 0.4) is 0 Å². The Hall–Kier alpha value is -2.61. The molecule has 0 aliphatic carbocycles. The van der Waals surface area contributed by atoms with E-state index in [1.165, 1.54) is 12.1 Å². The van der Waals surface area contributed by atoms with Gasteiger partial charge in [0.25, 0.3) is 0 Å². The van der Waals surface area contributed by atoms with Gasteiger partial charge in [0.15, 0.2) is 12.4 Å². The maximum Gasteiger partial charge on any atom is 0.341 e. The van der Waals surface area contributed by atoms with Crippen molar-refractivity contribution in [2.45, 2.75) is 19.8 Å². The average Bonchev–Trinajstić information content (AvgIpc) is 2.90. The number of aromatic nitrogens is 2. The number of ether oxygens (including phenoxy) is 1. The summed E-state index contributed by atoms with van der Waals surface area (Å²) in [7, 11) is 0. The van der Waals surface area contributed by atoms with Crippen molar-refractivity contribution in [3.05, 3.63) is 34.9 Å². The molecule has 0 radical (unpaired) electrons. The van der Waals surface area contributed by atoms with Crippen molar-refractivity contribution >= 4 is 29.2 Å². The third-order valence-electron chi connectivity index (χ3n) is 2.70. The Morgan fingerprint density at radius 3 is 2.83 bits per heavy atom. The quantitative estimate of drug-likeness (QED) is 0.793. The first-order valence-corrected chi connectivity index (χ1v) is 7.05. The average molecular weight is 340 g/mol. The van der Waals surface area contributed by atoms with Crippen LogP contribution in [-0.2, 0) is 16.0 Å². The Kier molecular flexibility index (Phi) is 5.53. The zero-order valence-electron chi connectivity index (χ0n) is 12.2. The third-order valence-corrected chi connectivity index (χ3v) is 3.00. The highest BCUT2D eigenvalue weighted by Crippen LogP contribution is 2.27. The van der Waals surface area contributed by atoms with Gasteiger partial charge in [0, 0.05) is 18.5 Å². The minimum absolute atomic E-state index is 0.177. The van der Waals surface area contributed by atoms with E-state index in [2.05, 4.69) is 15.5 Å². The van der Waals surface area contributed by atoms with Gasteiger partial charge >= 0.3 is 5.97 Å². The highest BCUT2D eigenvalue weighted by Gasteiger charge is 2.10. The summed E-state index contributed by atoms with van der Waals surface area (Å²) >= 11 is 5.97. The molecule has 0 aliphatic rings. The van der Waals surface area contributed by atoms with Crippen molar-refractivity contribution < 1.29 is 24.0 Å². The van der Waals surface area contributed by atoms with Gasteiger partial charge in [0.05, 0.1) is 5.02 Å². The second-order valence-electron chi connectivity index (χ2n) is 4.61. The molecule has 0 aliphatic heterocycles. The van der Waals surface area contributed by atoms with E-state index < -0.39 is 12.6 Å². The summed E-state index contributed by atoms with van der Waals surface area (Å²) in [5, 5.41) is 15.1. The van der Waals surface area contributed by atoms with E-state index >= 15 is 0 Å². The number of carboxylic acids is 1. The smallest absolute Gasteiger partial charge is 0.341 e. The molecule has 2 rings (SSSR count). The number of benzene rings is 1. The van der Waals surface area contributed by atoms with E-state index in [4.69, 9.17) is 26.0 Å². The van der Waals surface area contributed by atoms with Crippen molar-refractivity contribution in [3.63, 3.8) is 0 Å². The molecule has 0 unspecified atom stereocenters. The molecule has 23 heavy (non-hydrogen) atoms. The molecule has 0 atom stereocenters. The number of aryl methyl sites for hydroxylation is 2. The fourth-order valence-corrected chi connectivity index (χ4v) is 1.96. The molecule has 0 spiro atoms. The number of amides is 1. The lowest BCUT2D eigenvalue weighted by molar-refractivity contribution is -0.139. The van der Waals surface area contributed by atoms with Crippen LogP contribution in [0.2, 0.25) is 5.02 Å². The van der Waals surface area contributed by atoms with Gasteiger partial charge in [-0.3, -0.25) is 4.79 Å². The molecule has 2 N–H and O–H groups in total. The molecule has 0 fully saturated rings. The van der Waals surface area contributed by atoms with Crippen LogP contribution in [0.1, 0.15) is 18.1 Å². The number of nitrogens with zero attached hydrogens (tertiary/aromatic N) is 2. The Bertz CT molecular complexity index is 716. The first-order chi connectivity index (χ1) is 10.9. The molecule has 9 heteroatoms. The summed E-state index contributed by atoms with van der Waals surface area (Å²) in [5.41, 5.74) is 0.476. The predicted octanol–water partition coefficient (Wildman–Crippen LogP) is 2.07. The maximum atomic E-state index is 11.9. The molecule has 8 nitrogen and oxygen atoms in total. The van der Waals surface area contributed by atoms with Gasteiger partial charge in [-0.05, 0) is 25.1 Å². The van der Waals surface area contributed by atoms with E-state index in [1.54, 1.807) is 13.0 Å². The third kappa shape index (κ3) is 5.26. The monoisotopic (exact) mass is 339 g/mol. The van der Waals surface area contributed by atoms with Gasteiger partial charge in [-0.1, -0.05) is 16.8 Å². The second kappa shape index (κ2) is 7.59. The van der Waals surface area contributed by atoms with Crippen molar-refractivity contribution in [1.82, 2.24) is 10.1 Å². The lowest BCUT2D eigenvalue weighted by Gasteiger charge is -2.09. The van der Waals surface area contributed by atoms with Crippen molar-refractivity contribution in [3.8, 4) is 5.75 Å². The Balaban J connectivity index is 1.88. The van der Waals surface area contributed by atoms with Crippen LogP contribution < -0.4 is 10.1 Å². The van der Waals surface area contributed by atoms with Gasteiger partial charge in [-0.25, -0.2) is 4.79 Å². The minimum Gasteiger partial charge on any atom is -0.480 e. The molecule has 1 amide bonds. The largest absolute Gasteiger partial charge is 0.480 e. The molecule has 1 aromatic heterocycles. The van der Waals surface area contributed by atoms with E-state index in [9.17, 15) is 9.59 Å². The Morgan fingerprint density at radius 1 is 1.43 bits per heavy atom. The molecule has 0 saturated carbocycles. The molecule has 0 saturated heterocycles. The van der Waals surface area contributed by atoms with Gasteiger partial charge in [0.2, 0.25) is 11.8 Å². The number of carboxylic acid groups (broad SMARTS) is 1. The van der Waals surface area contributed by atoms with Crippen LogP contribution in [0.4, 0.5) is 5.69 Å². The fraction of sp³-hybridized carbons (Fsp3) is 0.286. The summed E-state index contributed by atoms with van der Waals surface area (Å²) in [6, 6.07) is 4.54. The molecule has 0 bridgehead atoms. The molecular formula is C14H14ClN3O5. The highest BCUT2D eigenvalue weighted by molar-refractivity contribution is 6.32. The standard InChI is InChI=1S/C14H14ClN3O5/c1-8-16-13(23-18-8)5-4-12(19)17-9-2-3-11(10(15)6-9)22-7-14(20)21/h2-3,6H,4-5,7H2,1H3,(H,17,19)(H,20,21). The SMILES string of the molecule is Cc1noc(CCC(=O)Nc2ccc(OCC(=O)O)c(Cl)c2)n1. The van der Waals surface area contributed by atoms with Crippen LogP contribution in [0, 0.1) is 6.92 Å². The summed E-state index contributed by atoms with van der Waals surface area (Å²) in [6.45, 7) is 1.21. The number of nitrogens with one attached hydrogen (secondary N) is 1. The van der Waals surface area contributed by atoms with Gasteiger partial charge in [0.1, 0.15) is 5.75 Å². The normalized spacial score (nSPS) is 10.3. The van der Waals surface area contributed by atoms with E-state index in [-0.39, 0.29) is 23.1 Å². The van der Waals surface area contributed by atoms with Gasteiger partial charge in [-0.2, -0.15) is 4.98 Å². The summed E-state index contributed by atoms with van der Waals surface area (Å²) < 4.78 is 9.91. The van der Waals surface area contributed by atoms with Gasteiger partial charge in [-0.15, -0.1) is 0 Å². The number of hydrogen-bond acceptors (Lipinski definition) is 6. The summed E-state index contributed by atoms with van der Waals surface area (Å²) in [5.74, 6) is -0.198. The van der Waals surface area contributed by atoms with Crippen molar-refractivity contribution in [2.24, 2.45) is 0 Å².